The molecule has 1 N–H and O–H groups in total. The Balaban J connectivity index is 1.47. The monoisotopic (exact) mass is 421 g/mol. The Labute approximate surface area is 179 Å². The number of aromatic amines is 1. The molecule has 3 aromatic rings. The summed E-state index contributed by atoms with van der Waals surface area (Å²) < 4.78 is 17.0. The Hall–Kier alpha value is -3.46. The number of carbonyl (C=O) groups is 1. The summed E-state index contributed by atoms with van der Waals surface area (Å²) in [6.45, 7) is 3.70. The average molecular weight is 421 g/mol. The standard InChI is InChI=1S/C22H23N5O4/c1-13-7-17(26-18-12-27(22(28)20(13)18)15-10-24-25-11-15)14-8-19(21(29-2)23-9-14)31-16-3-5-30-6-4-16/h7-11,16H,3-6,12H2,1-2H3,(H,24,25). The lowest BCUT2D eigenvalue weighted by atomic mass is 10.0. The number of anilines is 1. The molecule has 0 aromatic carbocycles. The summed E-state index contributed by atoms with van der Waals surface area (Å²) in [4.78, 5) is 23.8. The summed E-state index contributed by atoms with van der Waals surface area (Å²) in [5, 5.41) is 6.69. The van der Waals surface area contributed by atoms with Crippen molar-refractivity contribution in [2.24, 2.45) is 0 Å². The Morgan fingerprint density at radius 1 is 1.23 bits per heavy atom. The third kappa shape index (κ3) is 3.61. The van der Waals surface area contributed by atoms with Crippen LogP contribution >= 0.6 is 0 Å². The van der Waals surface area contributed by atoms with Crippen LogP contribution in [-0.4, -0.2) is 52.5 Å². The van der Waals surface area contributed by atoms with Crippen molar-refractivity contribution in [3.05, 3.63) is 47.5 Å². The molecular weight excluding hydrogens is 398 g/mol. The molecular formula is C22H23N5O4. The van der Waals surface area contributed by atoms with Crippen LogP contribution in [0.1, 0.15) is 34.5 Å². The Morgan fingerprint density at radius 3 is 2.81 bits per heavy atom. The highest BCUT2D eigenvalue weighted by molar-refractivity contribution is 6.10. The van der Waals surface area contributed by atoms with Gasteiger partial charge in [0.1, 0.15) is 6.10 Å². The summed E-state index contributed by atoms with van der Waals surface area (Å²) in [6, 6.07) is 3.82. The number of nitrogens with one attached hydrogen (secondary N) is 1. The second-order valence-electron chi connectivity index (χ2n) is 7.65. The summed E-state index contributed by atoms with van der Waals surface area (Å²) in [5.41, 5.74) is 4.53. The van der Waals surface area contributed by atoms with Gasteiger partial charge in [0.2, 0.25) is 0 Å². The van der Waals surface area contributed by atoms with E-state index in [9.17, 15) is 4.79 Å². The first-order chi connectivity index (χ1) is 15.1. The quantitative estimate of drug-likeness (QED) is 0.676. The third-order valence-corrected chi connectivity index (χ3v) is 5.62. The minimum Gasteiger partial charge on any atom is -0.485 e. The van der Waals surface area contributed by atoms with Crippen molar-refractivity contribution in [3.63, 3.8) is 0 Å². The first-order valence-electron chi connectivity index (χ1n) is 10.2. The maximum Gasteiger partial charge on any atom is 0.260 e. The normalized spacial score (nSPS) is 16.5. The van der Waals surface area contributed by atoms with Crippen molar-refractivity contribution in [1.82, 2.24) is 20.2 Å². The lowest BCUT2D eigenvalue weighted by molar-refractivity contribution is 0.0243. The van der Waals surface area contributed by atoms with Gasteiger partial charge in [-0.15, -0.1) is 0 Å². The number of aryl methyl sites for hydroxylation is 1. The van der Waals surface area contributed by atoms with E-state index < -0.39 is 0 Å². The van der Waals surface area contributed by atoms with Gasteiger partial charge >= 0.3 is 0 Å². The first kappa shape index (κ1) is 19.5. The second-order valence-corrected chi connectivity index (χ2v) is 7.65. The highest BCUT2D eigenvalue weighted by Gasteiger charge is 2.32. The number of H-pyrrole nitrogens is 1. The zero-order valence-electron chi connectivity index (χ0n) is 17.4. The van der Waals surface area contributed by atoms with E-state index in [0.29, 0.717) is 37.0 Å². The van der Waals surface area contributed by atoms with Crippen molar-refractivity contribution in [3.8, 4) is 22.9 Å². The fourth-order valence-electron chi connectivity index (χ4n) is 4.03. The van der Waals surface area contributed by atoms with Gasteiger partial charge in [0.25, 0.3) is 11.8 Å². The van der Waals surface area contributed by atoms with Gasteiger partial charge in [-0.1, -0.05) is 0 Å². The van der Waals surface area contributed by atoms with Crippen LogP contribution in [0.2, 0.25) is 0 Å². The molecule has 5 heterocycles. The molecule has 0 saturated carbocycles. The first-order valence-corrected chi connectivity index (χ1v) is 10.2. The molecule has 0 radical (unpaired) electrons. The predicted molar refractivity (Wildman–Crippen MR) is 112 cm³/mol. The number of fused-ring (bicyclic) bond motifs is 1. The highest BCUT2D eigenvalue weighted by atomic mass is 16.5. The van der Waals surface area contributed by atoms with E-state index in [-0.39, 0.29) is 12.0 Å². The fourth-order valence-corrected chi connectivity index (χ4v) is 4.03. The summed E-state index contributed by atoms with van der Waals surface area (Å²) in [5.74, 6) is 0.960. The number of nitrogens with zero attached hydrogens (tertiary/aromatic N) is 4. The number of aromatic nitrogens is 4. The minimum atomic E-state index is -0.0654. The number of hydrogen-bond donors (Lipinski definition) is 1. The summed E-state index contributed by atoms with van der Waals surface area (Å²) >= 11 is 0. The number of hydrogen-bond acceptors (Lipinski definition) is 7. The van der Waals surface area contributed by atoms with Crippen LogP contribution in [-0.2, 0) is 11.3 Å². The maximum absolute atomic E-state index is 12.9. The molecule has 1 amide bonds. The zero-order valence-corrected chi connectivity index (χ0v) is 17.4. The number of carbonyl (C=O) groups excluding carboxylic acids is 1. The van der Waals surface area contributed by atoms with Gasteiger partial charge in [-0.25, -0.2) is 4.98 Å². The molecule has 9 nitrogen and oxygen atoms in total. The molecule has 0 atom stereocenters. The maximum atomic E-state index is 12.9. The van der Waals surface area contributed by atoms with Crippen LogP contribution in [0.25, 0.3) is 11.3 Å². The van der Waals surface area contributed by atoms with Crippen LogP contribution in [0.4, 0.5) is 5.69 Å². The van der Waals surface area contributed by atoms with Crippen LogP contribution in [0, 0.1) is 6.92 Å². The van der Waals surface area contributed by atoms with Crippen molar-refractivity contribution < 1.29 is 19.0 Å². The van der Waals surface area contributed by atoms with E-state index in [1.165, 1.54) is 0 Å². The minimum absolute atomic E-state index is 0.0653. The second kappa shape index (κ2) is 7.99. The highest BCUT2D eigenvalue weighted by Crippen LogP contribution is 2.34. The largest absolute Gasteiger partial charge is 0.485 e. The van der Waals surface area contributed by atoms with Crippen LogP contribution in [0.3, 0.4) is 0 Å². The van der Waals surface area contributed by atoms with Crippen molar-refractivity contribution >= 4 is 11.6 Å². The van der Waals surface area contributed by atoms with E-state index in [0.717, 1.165) is 41.0 Å². The van der Waals surface area contributed by atoms with Crippen molar-refractivity contribution in [2.75, 3.05) is 25.2 Å². The SMILES string of the molecule is COc1ncc(-c2cc(C)c3c(n2)CN(c2cn[nH]c2)C3=O)cc1OC1CCOCC1. The van der Waals surface area contributed by atoms with Crippen molar-refractivity contribution in [1.29, 1.82) is 0 Å². The smallest absolute Gasteiger partial charge is 0.260 e. The van der Waals surface area contributed by atoms with E-state index in [4.69, 9.17) is 19.2 Å². The van der Waals surface area contributed by atoms with E-state index in [1.54, 1.807) is 30.6 Å². The predicted octanol–water partition coefficient (Wildman–Crippen LogP) is 2.90. The third-order valence-electron chi connectivity index (χ3n) is 5.62. The molecule has 0 spiro atoms. The molecule has 2 aliphatic rings. The molecule has 160 valence electrons. The molecule has 9 heteroatoms. The van der Waals surface area contributed by atoms with Gasteiger partial charge in [0.15, 0.2) is 5.75 Å². The number of ether oxygens (including phenoxy) is 3. The molecule has 2 aliphatic heterocycles. The molecule has 0 unspecified atom stereocenters. The fraction of sp³-hybridized carbons (Fsp3) is 0.364. The van der Waals surface area contributed by atoms with Gasteiger partial charge in [0, 0.05) is 30.8 Å². The summed E-state index contributed by atoms with van der Waals surface area (Å²) in [7, 11) is 1.58. The molecule has 0 aliphatic carbocycles. The van der Waals surface area contributed by atoms with E-state index in [1.807, 2.05) is 19.1 Å². The van der Waals surface area contributed by atoms with Gasteiger partial charge < -0.3 is 14.2 Å². The molecule has 1 saturated heterocycles. The van der Waals surface area contributed by atoms with Gasteiger partial charge in [-0.2, -0.15) is 5.10 Å². The topological polar surface area (TPSA) is 102 Å². The Kier molecular flexibility index (Phi) is 5.03. The molecule has 3 aromatic heterocycles. The number of rotatable bonds is 5. The average Bonchev–Trinajstić information content (AvgIpc) is 3.42. The van der Waals surface area contributed by atoms with E-state index >= 15 is 0 Å². The van der Waals surface area contributed by atoms with Crippen molar-refractivity contribution in [2.45, 2.75) is 32.4 Å². The summed E-state index contributed by atoms with van der Waals surface area (Å²) in [6.07, 6.45) is 6.77. The zero-order chi connectivity index (χ0) is 21.4. The lowest BCUT2D eigenvalue weighted by Gasteiger charge is -2.24. The molecule has 31 heavy (non-hydrogen) atoms. The van der Waals surface area contributed by atoms with Crippen LogP contribution < -0.4 is 14.4 Å². The molecule has 5 rings (SSSR count). The van der Waals surface area contributed by atoms with Gasteiger partial charge in [0.05, 0.1) is 55.7 Å². The lowest BCUT2D eigenvalue weighted by Crippen LogP contribution is -2.26. The van der Waals surface area contributed by atoms with E-state index in [2.05, 4.69) is 15.2 Å². The van der Waals surface area contributed by atoms with Gasteiger partial charge in [-0.05, 0) is 24.6 Å². The molecule has 1 fully saturated rings. The number of methoxy groups -OCH3 is 1. The Morgan fingerprint density at radius 2 is 2.06 bits per heavy atom. The Bertz CT molecular complexity index is 1110. The number of amides is 1. The molecule has 0 bridgehead atoms. The number of pyridine rings is 2. The van der Waals surface area contributed by atoms with Crippen LogP contribution in [0.15, 0.2) is 30.7 Å². The van der Waals surface area contributed by atoms with Gasteiger partial charge in [-0.3, -0.25) is 19.8 Å². The van der Waals surface area contributed by atoms with Crippen LogP contribution in [0.5, 0.6) is 11.6 Å².